The third-order valence-corrected chi connectivity index (χ3v) is 3.08. The van der Waals surface area contributed by atoms with Crippen LogP contribution in [0.2, 0.25) is 0 Å². The van der Waals surface area contributed by atoms with Gasteiger partial charge in [-0.3, -0.25) is 0 Å². The summed E-state index contributed by atoms with van der Waals surface area (Å²) in [6, 6.07) is 0. The van der Waals surface area contributed by atoms with Gasteiger partial charge in [-0.2, -0.15) is 0 Å². The molecule has 64 valence electrons. The van der Waals surface area contributed by atoms with Crippen LogP contribution in [0.3, 0.4) is 0 Å². The Morgan fingerprint density at radius 1 is 1.08 bits per heavy atom. The Morgan fingerprint density at radius 3 is 2.58 bits per heavy atom. The molecule has 0 aromatic rings. The van der Waals surface area contributed by atoms with Crippen LogP contribution in [-0.4, -0.2) is 0 Å². The molecule has 0 aliphatic heterocycles. The van der Waals surface area contributed by atoms with Crippen molar-refractivity contribution >= 4 is 0 Å². The Bertz CT molecular complexity index is 253. The number of fused-ring (bicyclic) bond motifs is 1. The maximum absolute atomic E-state index is 2.36. The van der Waals surface area contributed by atoms with Gasteiger partial charge in [-0.25, -0.2) is 0 Å². The molecular weight excluding hydrogens is 144 g/mol. The van der Waals surface area contributed by atoms with Gasteiger partial charge < -0.3 is 0 Å². The minimum Gasteiger partial charge on any atom is -0.0874 e. The van der Waals surface area contributed by atoms with Crippen molar-refractivity contribution in [1.82, 2.24) is 0 Å². The molecule has 0 nitrogen and oxygen atoms in total. The van der Waals surface area contributed by atoms with Crippen LogP contribution in [0.1, 0.15) is 20.3 Å². The van der Waals surface area contributed by atoms with Crippen molar-refractivity contribution in [2.45, 2.75) is 20.3 Å². The van der Waals surface area contributed by atoms with Gasteiger partial charge in [0, 0.05) is 5.92 Å². The van der Waals surface area contributed by atoms with E-state index in [0.717, 1.165) is 0 Å². The quantitative estimate of drug-likeness (QED) is 0.477. The highest BCUT2D eigenvalue weighted by Crippen LogP contribution is 2.42. The first-order valence-electron chi connectivity index (χ1n) is 4.72. The van der Waals surface area contributed by atoms with E-state index >= 15 is 0 Å². The van der Waals surface area contributed by atoms with Crippen LogP contribution in [0, 0.1) is 17.3 Å². The van der Waals surface area contributed by atoms with E-state index in [0.29, 0.717) is 17.3 Å². The summed E-state index contributed by atoms with van der Waals surface area (Å²) in [6.45, 7) is 4.72. The number of allylic oxidation sites excluding steroid dienone is 6. The van der Waals surface area contributed by atoms with E-state index in [4.69, 9.17) is 0 Å². The lowest BCUT2D eigenvalue weighted by atomic mass is 9.65. The van der Waals surface area contributed by atoms with Crippen molar-refractivity contribution < 1.29 is 0 Å². The molecule has 0 bridgehead atoms. The lowest BCUT2D eigenvalue weighted by molar-refractivity contribution is 0.218. The smallest absolute Gasteiger partial charge is 0.00178 e. The van der Waals surface area contributed by atoms with Gasteiger partial charge in [-0.15, -0.1) is 0 Å². The molecule has 2 rings (SSSR count). The van der Waals surface area contributed by atoms with Crippen molar-refractivity contribution in [3.63, 3.8) is 0 Å². The van der Waals surface area contributed by atoms with Gasteiger partial charge in [-0.1, -0.05) is 50.3 Å². The van der Waals surface area contributed by atoms with Gasteiger partial charge in [0.15, 0.2) is 0 Å². The summed E-state index contributed by atoms with van der Waals surface area (Å²) in [5.41, 5.74) is 0.445. The van der Waals surface area contributed by atoms with Gasteiger partial charge in [0.25, 0.3) is 0 Å². The van der Waals surface area contributed by atoms with Crippen LogP contribution in [0.4, 0.5) is 0 Å². The maximum Gasteiger partial charge on any atom is 0.00178 e. The number of hydrogen-bond donors (Lipinski definition) is 0. The van der Waals surface area contributed by atoms with Crippen molar-refractivity contribution in [2.24, 2.45) is 17.3 Å². The van der Waals surface area contributed by atoms with E-state index < -0.39 is 0 Å². The molecule has 0 aromatic carbocycles. The SMILES string of the molecule is CC1(C)CC=CC2C=CC=CC21. The summed E-state index contributed by atoms with van der Waals surface area (Å²) in [4.78, 5) is 0. The molecule has 2 atom stereocenters. The molecule has 2 aliphatic carbocycles. The summed E-state index contributed by atoms with van der Waals surface area (Å²) >= 11 is 0. The summed E-state index contributed by atoms with van der Waals surface area (Å²) in [5.74, 6) is 1.37. The van der Waals surface area contributed by atoms with Crippen molar-refractivity contribution in [2.75, 3.05) is 0 Å². The van der Waals surface area contributed by atoms with Crippen LogP contribution in [0.5, 0.6) is 0 Å². The minimum absolute atomic E-state index is 0.445. The average molecular weight is 160 g/mol. The van der Waals surface area contributed by atoms with Crippen molar-refractivity contribution in [1.29, 1.82) is 0 Å². The highest BCUT2D eigenvalue weighted by Gasteiger charge is 2.33. The Labute approximate surface area is 74.7 Å². The van der Waals surface area contributed by atoms with Gasteiger partial charge in [0.05, 0.1) is 0 Å². The third-order valence-electron chi connectivity index (χ3n) is 3.08. The van der Waals surface area contributed by atoms with E-state index in [1.807, 2.05) is 0 Å². The summed E-state index contributed by atoms with van der Waals surface area (Å²) in [6.07, 6.45) is 14.9. The zero-order valence-electron chi connectivity index (χ0n) is 7.83. The predicted molar refractivity (Wildman–Crippen MR) is 52.8 cm³/mol. The fraction of sp³-hybridized carbons (Fsp3) is 0.500. The second-order valence-electron chi connectivity index (χ2n) is 4.49. The lowest BCUT2D eigenvalue weighted by Crippen LogP contribution is -2.30. The molecule has 0 fully saturated rings. The zero-order valence-corrected chi connectivity index (χ0v) is 7.83. The summed E-state index contributed by atoms with van der Waals surface area (Å²) in [7, 11) is 0. The maximum atomic E-state index is 2.36. The first kappa shape index (κ1) is 7.85. The molecule has 2 aliphatic rings. The van der Waals surface area contributed by atoms with E-state index in [9.17, 15) is 0 Å². The largest absolute Gasteiger partial charge is 0.0874 e. The fourth-order valence-electron chi connectivity index (χ4n) is 2.25. The Hall–Kier alpha value is -0.780. The third kappa shape index (κ3) is 1.16. The predicted octanol–water partition coefficient (Wildman–Crippen LogP) is 3.33. The van der Waals surface area contributed by atoms with E-state index in [1.165, 1.54) is 6.42 Å². The van der Waals surface area contributed by atoms with Gasteiger partial charge >= 0.3 is 0 Å². The highest BCUT2D eigenvalue weighted by molar-refractivity contribution is 5.23. The monoisotopic (exact) mass is 160 g/mol. The molecule has 0 saturated carbocycles. The van der Waals surface area contributed by atoms with Gasteiger partial charge in [-0.05, 0) is 17.8 Å². The van der Waals surface area contributed by atoms with Gasteiger partial charge in [0.1, 0.15) is 0 Å². The van der Waals surface area contributed by atoms with Crippen LogP contribution < -0.4 is 0 Å². The first-order chi connectivity index (χ1) is 5.70. The van der Waals surface area contributed by atoms with Crippen molar-refractivity contribution in [3.8, 4) is 0 Å². The summed E-state index contributed by atoms with van der Waals surface area (Å²) in [5, 5.41) is 0. The second-order valence-corrected chi connectivity index (χ2v) is 4.49. The highest BCUT2D eigenvalue weighted by atomic mass is 14.4. The molecular formula is C12H16. The Kier molecular flexibility index (Phi) is 1.71. The van der Waals surface area contributed by atoms with E-state index in [-0.39, 0.29) is 0 Å². The van der Waals surface area contributed by atoms with E-state index in [2.05, 4.69) is 50.3 Å². The van der Waals surface area contributed by atoms with Crippen LogP contribution in [0.15, 0.2) is 36.5 Å². The fourth-order valence-corrected chi connectivity index (χ4v) is 2.25. The second kappa shape index (κ2) is 2.62. The molecule has 0 spiro atoms. The molecule has 12 heavy (non-hydrogen) atoms. The molecule has 0 N–H and O–H groups in total. The summed E-state index contributed by atoms with van der Waals surface area (Å²) < 4.78 is 0. The topological polar surface area (TPSA) is 0 Å². The number of rotatable bonds is 0. The Balaban J connectivity index is 2.32. The lowest BCUT2D eigenvalue weighted by Gasteiger charge is -2.39. The molecule has 0 amide bonds. The van der Waals surface area contributed by atoms with Crippen LogP contribution in [0.25, 0.3) is 0 Å². The number of hydrogen-bond acceptors (Lipinski definition) is 0. The minimum atomic E-state index is 0.445. The van der Waals surface area contributed by atoms with Gasteiger partial charge in [0.2, 0.25) is 0 Å². The molecule has 0 saturated heterocycles. The average Bonchev–Trinajstić information content (AvgIpc) is 2.04. The Morgan fingerprint density at radius 2 is 1.83 bits per heavy atom. The zero-order chi connectivity index (χ0) is 8.60. The molecule has 0 aromatic heterocycles. The molecule has 0 heteroatoms. The van der Waals surface area contributed by atoms with E-state index in [1.54, 1.807) is 0 Å². The van der Waals surface area contributed by atoms with Crippen LogP contribution >= 0.6 is 0 Å². The molecule has 0 heterocycles. The van der Waals surface area contributed by atoms with Crippen LogP contribution in [-0.2, 0) is 0 Å². The first-order valence-corrected chi connectivity index (χ1v) is 4.72. The normalized spacial score (nSPS) is 36.5. The molecule has 0 radical (unpaired) electrons. The standard InChI is InChI=1S/C12H16/c1-12(2)9-5-7-10-6-3-4-8-11(10)12/h3-8,10-11H,9H2,1-2H3. The molecule has 2 unspecified atom stereocenters. The van der Waals surface area contributed by atoms with Crippen molar-refractivity contribution in [3.05, 3.63) is 36.5 Å².